The first-order chi connectivity index (χ1) is 23.4. The van der Waals surface area contributed by atoms with Gasteiger partial charge < -0.3 is 14.8 Å². The third kappa shape index (κ3) is 10.7. The number of nitrogens with one attached hydrogen (secondary N) is 1. The SMILES string of the molecule is CCC(=O)N(CCCCNCCCN(C(=O)CC)n1ccc(=O)c(OCc2ccccc2)c1)n1ccc(=O)c(OCc2ccccc2)c1. The van der Waals surface area contributed by atoms with Crippen molar-refractivity contribution in [3.8, 4) is 11.5 Å². The van der Waals surface area contributed by atoms with Crippen LogP contribution >= 0.6 is 0 Å². The van der Waals surface area contributed by atoms with E-state index in [1.165, 1.54) is 12.1 Å². The molecule has 4 rings (SSSR count). The summed E-state index contributed by atoms with van der Waals surface area (Å²) in [6, 6.07) is 22.0. The van der Waals surface area contributed by atoms with E-state index >= 15 is 0 Å². The lowest BCUT2D eigenvalue weighted by Gasteiger charge is -2.26. The highest BCUT2D eigenvalue weighted by atomic mass is 16.5. The molecule has 0 spiro atoms. The summed E-state index contributed by atoms with van der Waals surface area (Å²) in [4.78, 5) is 50.5. The molecular formula is C37H45N5O6. The van der Waals surface area contributed by atoms with Crippen molar-refractivity contribution in [2.24, 2.45) is 0 Å². The van der Waals surface area contributed by atoms with Gasteiger partial charge in [-0.15, -0.1) is 0 Å². The number of hydrogen-bond donors (Lipinski definition) is 1. The Labute approximate surface area is 281 Å². The zero-order valence-corrected chi connectivity index (χ0v) is 27.8. The van der Waals surface area contributed by atoms with Crippen LogP contribution in [0.3, 0.4) is 0 Å². The number of nitrogens with zero attached hydrogens (tertiary/aromatic N) is 4. The molecule has 0 bridgehead atoms. The van der Waals surface area contributed by atoms with E-state index in [2.05, 4.69) is 5.32 Å². The van der Waals surface area contributed by atoms with Gasteiger partial charge in [0.25, 0.3) is 0 Å². The van der Waals surface area contributed by atoms with Crippen molar-refractivity contribution in [2.75, 3.05) is 36.2 Å². The van der Waals surface area contributed by atoms with Crippen molar-refractivity contribution < 1.29 is 19.1 Å². The molecule has 0 radical (unpaired) electrons. The molecule has 0 aliphatic carbocycles. The second kappa shape index (κ2) is 18.9. The molecule has 11 nitrogen and oxygen atoms in total. The highest BCUT2D eigenvalue weighted by Crippen LogP contribution is 2.11. The summed E-state index contributed by atoms with van der Waals surface area (Å²) in [5.41, 5.74) is 1.40. The molecule has 0 saturated heterocycles. The normalized spacial score (nSPS) is 10.8. The first-order valence-corrected chi connectivity index (χ1v) is 16.5. The standard InChI is InChI=1S/C37H45N5O6/c1-3-36(45)41(39-24-18-32(43)34(26-39)47-28-30-14-7-5-8-15-30)22-12-11-20-38-21-13-23-42(37(46)4-2)40-25-19-33(44)35(27-40)48-29-31-16-9-6-10-17-31/h5-10,14-19,24-27,38H,3-4,11-13,20-23,28-29H2,1-2H3. The maximum absolute atomic E-state index is 12.8. The van der Waals surface area contributed by atoms with Crippen LogP contribution in [-0.4, -0.2) is 47.3 Å². The molecule has 0 fully saturated rings. The summed E-state index contributed by atoms with van der Waals surface area (Å²) < 4.78 is 14.8. The second-order valence-corrected chi connectivity index (χ2v) is 11.2. The number of pyridine rings is 2. The summed E-state index contributed by atoms with van der Waals surface area (Å²) in [5.74, 6) is 0.245. The Morgan fingerprint density at radius 1 is 0.625 bits per heavy atom. The molecule has 0 aliphatic heterocycles. The van der Waals surface area contributed by atoms with E-state index < -0.39 is 0 Å². The van der Waals surface area contributed by atoms with Crippen molar-refractivity contribution in [1.29, 1.82) is 0 Å². The van der Waals surface area contributed by atoms with Crippen molar-refractivity contribution >= 4 is 11.8 Å². The highest BCUT2D eigenvalue weighted by Gasteiger charge is 2.16. The molecule has 0 saturated carbocycles. The Morgan fingerprint density at radius 2 is 1.06 bits per heavy atom. The van der Waals surface area contributed by atoms with E-state index in [1.807, 2.05) is 67.6 Å². The van der Waals surface area contributed by atoms with Crippen LogP contribution in [0.25, 0.3) is 0 Å². The van der Waals surface area contributed by atoms with Gasteiger partial charge in [0, 0.05) is 50.5 Å². The lowest BCUT2D eigenvalue weighted by molar-refractivity contribution is -0.120. The second-order valence-electron chi connectivity index (χ2n) is 11.2. The van der Waals surface area contributed by atoms with E-state index in [0.717, 1.165) is 30.5 Å². The smallest absolute Gasteiger partial charge is 0.241 e. The predicted molar refractivity (Wildman–Crippen MR) is 186 cm³/mol. The van der Waals surface area contributed by atoms with Crippen LogP contribution in [0, 0.1) is 0 Å². The quantitative estimate of drug-likeness (QED) is 0.149. The fourth-order valence-electron chi connectivity index (χ4n) is 4.99. The zero-order valence-electron chi connectivity index (χ0n) is 27.8. The van der Waals surface area contributed by atoms with Gasteiger partial charge in [0.2, 0.25) is 22.7 Å². The van der Waals surface area contributed by atoms with Crippen molar-refractivity contribution in [1.82, 2.24) is 14.7 Å². The van der Waals surface area contributed by atoms with Gasteiger partial charge in [-0.25, -0.2) is 0 Å². The van der Waals surface area contributed by atoms with Crippen LogP contribution in [0.2, 0.25) is 0 Å². The maximum atomic E-state index is 12.8. The van der Waals surface area contributed by atoms with E-state index in [1.54, 1.807) is 51.1 Å². The van der Waals surface area contributed by atoms with Crippen molar-refractivity contribution in [2.45, 2.75) is 59.2 Å². The number of carbonyl (C=O) groups excluding carboxylic acids is 2. The summed E-state index contributed by atoms with van der Waals surface area (Å²) in [7, 11) is 0. The summed E-state index contributed by atoms with van der Waals surface area (Å²) in [6.07, 6.45) is 9.23. The predicted octanol–water partition coefficient (Wildman–Crippen LogP) is 4.38. The maximum Gasteiger partial charge on any atom is 0.241 e. The molecule has 0 atom stereocenters. The van der Waals surface area contributed by atoms with Gasteiger partial charge in [-0.3, -0.25) is 38.5 Å². The van der Waals surface area contributed by atoms with E-state index in [4.69, 9.17) is 9.47 Å². The highest BCUT2D eigenvalue weighted by molar-refractivity contribution is 5.86. The fraction of sp³-hybridized carbons (Fsp3) is 0.351. The molecule has 48 heavy (non-hydrogen) atoms. The summed E-state index contributed by atoms with van der Waals surface area (Å²) in [5, 5.41) is 6.67. The van der Waals surface area contributed by atoms with Crippen LogP contribution in [0.5, 0.6) is 11.5 Å². The van der Waals surface area contributed by atoms with Gasteiger partial charge in [0.05, 0.1) is 12.4 Å². The Morgan fingerprint density at radius 3 is 1.52 bits per heavy atom. The summed E-state index contributed by atoms with van der Waals surface area (Å²) >= 11 is 0. The largest absolute Gasteiger partial charge is 0.483 e. The van der Waals surface area contributed by atoms with Gasteiger partial charge >= 0.3 is 0 Å². The Bertz CT molecular complexity index is 1580. The molecule has 4 aromatic rings. The van der Waals surface area contributed by atoms with Crippen molar-refractivity contribution in [3.63, 3.8) is 0 Å². The minimum absolute atomic E-state index is 0.0579. The fourth-order valence-corrected chi connectivity index (χ4v) is 4.99. The Balaban J connectivity index is 1.24. The van der Waals surface area contributed by atoms with E-state index in [0.29, 0.717) is 38.9 Å². The van der Waals surface area contributed by atoms with E-state index in [-0.39, 0.29) is 47.4 Å². The number of unbranched alkanes of at least 4 members (excludes halogenated alkanes) is 1. The van der Waals surface area contributed by atoms with Crippen LogP contribution in [0.15, 0.2) is 107 Å². The van der Waals surface area contributed by atoms with E-state index in [9.17, 15) is 19.2 Å². The number of carbonyl (C=O) groups is 2. The third-order valence-electron chi connectivity index (χ3n) is 7.65. The zero-order chi connectivity index (χ0) is 34.1. The molecule has 0 aliphatic rings. The minimum Gasteiger partial charge on any atom is -0.483 e. The van der Waals surface area contributed by atoms with Gasteiger partial charge in [-0.05, 0) is 43.5 Å². The number of amides is 2. The molecule has 1 N–H and O–H groups in total. The first-order valence-electron chi connectivity index (χ1n) is 16.5. The van der Waals surface area contributed by atoms with Gasteiger partial charge in [-0.1, -0.05) is 74.5 Å². The molecule has 2 aromatic carbocycles. The molecule has 2 aromatic heterocycles. The number of ether oxygens (including phenoxy) is 2. The number of hydrogen-bond acceptors (Lipinski definition) is 7. The van der Waals surface area contributed by atoms with Crippen LogP contribution < -0.4 is 35.7 Å². The lowest BCUT2D eigenvalue weighted by atomic mass is 10.2. The molecular weight excluding hydrogens is 610 g/mol. The summed E-state index contributed by atoms with van der Waals surface area (Å²) in [6.45, 7) is 6.49. The lowest BCUT2D eigenvalue weighted by Crippen LogP contribution is -2.42. The monoisotopic (exact) mass is 655 g/mol. The van der Waals surface area contributed by atoms with Gasteiger partial charge in [-0.2, -0.15) is 0 Å². The number of aromatic nitrogens is 2. The topological polar surface area (TPSA) is 115 Å². The number of rotatable bonds is 19. The Hall–Kier alpha value is -5.16. The van der Waals surface area contributed by atoms with Gasteiger partial charge in [0.1, 0.15) is 13.2 Å². The average molecular weight is 656 g/mol. The van der Waals surface area contributed by atoms with Crippen molar-refractivity contribution in [3.05, 3.63) is 129 Å². The molecule has 0 unspecified atom stereocenters. The Kier molecular flexibility index (Phi) is 14.0. The van der Waals surface area contributed by atoms with Crippen LogP contribution in [0.4, 0.5) is 0 Å². The van der Waals surface area contributed by atoms with Crippen LogP contribution in [-0.2, 0) is 22.8 Å². The molecule has 2 amide bonds. The van der Waals surface area contributed by atoms with Gasteiger partial charge in [0.15, 0.2) is 11.5 Å². The molecule has 11 heteroatoms. The minimum atomic E-state index is -0.246. The number of benzene rings is 2. The average Bonchev–Trinajstić information content (AvgIpc) is 3.12. The van der Waals surface area contributed by atoms with Crippen LogP contribution in [0.1, 0.15) is 57.1 Å². The third-order valence-corrected chi connectivity index (χ3v) is 7.65. The molecule has 254 valence electrons. The molecule has 2 heterocycles. The first kappa shape index (κ1) is 35.7.